The molecule has 5 aliphatic heterocycles. The molecule has 17 heteroatoms. The van der Waals surface area contributed by atoms with Crippen molar-refractivity contribution < 1.29 is 36.2 Å². The Kier molecular flexibility index (Phi) is 10.0. The molecule has 3 aromatic rings. The second-order valence-electron chi connectivity index (χ2n) is 13.6. The maximum Gasteiger partial charge on any atom is 0.416 e. The van der Waals surface area contributed by atoms with Gasteiger partial charge < -0.3 is 25.0 Å². The first kappa shape index (κ1) is 35.6. The van der Waals surface area contributed by atoms with E-state index in [2.05, 4.69) is 20.0 Å². The van der Waals surface area contributed by atoms with Crippen LogP contribution in [0.3, 0.4) is 0 Å². The number of ether oxygens (including phenoxy) is 2. The van der Waals surface area contributed by atoms with Crippen LogP contribution in [-0.2, 0) is 37.0 Å². The van der Waals surface area contributed by atoms with Crippen LogP contribution in [0.4, 0.5) is 33.5 Å². The summed E-state index contributed by atoms with van der Waals surface area (Å²) in [7, 11) is 1.38. The minimum atomic E-state index is -4.81. The Morgan fingerprint density at radius 2 is 1.86 bits per heavy atom. The Morgan fingerprint density at radius 1 is 1.08 bits per heavy atom. The Balaban J connectivity index is 0.000000389. The molecular weight excluding hydrogens is 699 g/mol. The zero-order chi connectivity index (χ0) is 36.0. The van der Waals surface area contributed by atoms with Crippen LogP contribution >= 0.6 is 11.6 Å². The highest BCUT2D eigenvalue weighted by Crippen LogP contribution is 2.43. The number of rotatable bonds is 4. The number of likely N-dealkylation sites (tertiary alicyclic amines) is 1. The molecule has 51 heavy (non-hydrogen) atoms. The fraction of sp³-hybridized carbons (Fsp3) is 0.588. The molecule has 7 heterocycles. The lowest BCUT2D eigenvalue weighted by atomic mass is 9.94. The Morgan fingerprint density at radius 3 is 2.59 bits per heavy atom. The lowest BCUT2D eigenvalue weighted by Crippen LogP contribution is -2.29. The molecule has 3 fully saturated rings. The average molecular weight is 739 g/mol. The molecule has 11 nitrogen and oxygen atoms in total. The minimum absolute atomic E-state index is 0.00208. The van der Waals surface area contributed by atoms with Crippen molar-refractivity contribution in [3.63, 3.8) is 0 Å². The molecule has 3 saturated heterocycles. The molecule has 276 valence electrons. The number of hydrogen-bond donors (Lipinski definition) is 1. The summed E-state index contributed by atoms with van der Waals surface area (Å²) in [6, 6.07) is 2.26. The fourth-order valence-corrected chi connectivity index (χ4v) is 8.11. The molecule has 8 rings (SSSR count). The first-order valence-corrected chi connectivity index (χ1v) is 17.7. The van der Waals surface area contributed by atoms with Crippen LogP contribution < -0.4 is 15.4 Å². The SMILES string of the molecule is COc1nc2c(c(N3CCCn4nc(C(=O)N5CCCC5)c(Cl)c4C3)n1)COC(c1c(C(F)(F)F)ccc(N)c1F)C2.FC1CC2CCCN2C1. The number of nitrogens with zero attached hydrogens (tertiary/aromatic N) is 7. The highest BCUT2D eigenvalue weighted by molar-refractivity contribution is 6.34. The van der Waals surface area contributed by atoms with Crippen molar-refractivity contribution in [3.05, 3.63) is 56.7 Å². The third-order valence-corrected chi connectivity index (χ3v) is 10.8. The number of aromatic nitrogens is 4. The van der Waals surface area contributed by atoms with Crippen LogP contribution in [0.2, 0.25) is 5.02 Å². The number of carbonyl (C=O) groups excluding carboxylic acids is 1. The zero-order valence-electron chi connectivity index (χ0n) is 28.2. The fourth-order valence-electron chi connectivity index (χ4n) is 7.84. The van der Waals surface area contributed by atoms with E-state index in [0.29, 0.717) is 68.0 Å². The Bertz CT molecular complexity index is 1770. The topological polar surface area (TPSA) is 115 Å². The molecule has 5 aliphatic rings. The molecule has 2 aromatic heterocycles. The minimum Gasteiger partial charge on any atom is -0.467 e. The molecule has 1 amide bonds. The van der Waals surface area contributed by atoms with E-state index in [1.165, 1.54) is 20.0 Å². The number of methoxy groups -OCH3 is 1. The van der Waals surface area contributed by atoms with Crippen LogP contribution in [0.1, 0.15) is 83.2 Å². The molecular formula is C34H40ClF5N8O3. The molecule has 0 radical (unpaired) electrons. The van der Waals surface area contributed by atoms with E-state index >= 15 is 4.39 Å². The predicted molar refractivity (Wildman–Crippen MR) is 178 cm³/mol. The number of amides is 1. The number of hydrogen-bond acceptors (Lipinski definition) is 9. The van der Waals surface area contributed by atoms with Crippen molar-refractivity contribution in [1.82, 2.24) is 29.5 Å². The van der Waals surface area contributed by atoms with E-state index in [4.69, 9.17) is 26.8 Å². The summed E-state index contributed by atoms with van der Waals surface area (Å²) in [5.41, 5.74) is 5.19. The van der Waals surface area contributed by atoms with Gasteiger partial charge in [-0.3, -0.25) is 14.4 Å². The van der Waals surface area contributed by atoms with Crippen molar-refractivity contribution in [2.45, 2.75) is 89.1 Å². The van der Waals surface area contributed by atoms with Gasteiger partial charge in [0, 0.05) is 56.3 Å². The van der Waals surface area contributed by atoms with Crippen molar-refractivity contribution in [2.75, 3.05) is 50.5 Å². The number of nitrogens with two attached hydrogens (primary N) is 1. The van der Waals surface area contributed by atoms with Gasteiger partial charge in [-0.05, 0) is 57.2 Å². The largest absolute Gasteiger partial charge is 0.467 e. The lowest BCUT2D eigenvalue weighted by molar-refractivity contribution is -0.140. The quantitative estimate of drug-likeness (QED) is 0.265. The van der Waals surface area contributed by atoms with Gasteiger partial charge in [0.2, 0.25) is 0 Å². The standard InChI is InChI=1S/C27H28ClF4N7O3.C7H12FN/c1-41-26-34-17-11-19(20-15(27(30,31)32)5-6-16(33)22(20)29)42-13-14(17)24(35-26)38-9-4-10-39-18(12-38)21(28)23(36-39)25(40)37-7-2-3-8-37;8-6-4-7-2-1-3-9(7)5-6/h5-6,19H,2-4,7-13,33H2,1H3;6-7H,1-5H2. The summed E-state index contributed by atoms with van der Waals surface area (Å²) in [5.74, 6) is -0.913. The molecule has 0 aliphatic carbocycles. The Hall–Kier alpha value is -3.76. The van der Waals surface area contributed by atoms with E-state index in [0.717, 1.165) is 37.9 Å². The first-order valence-electron chi connectivity index (χ1n) is 17.3. The average Bonchev–Trinajstić information content (AvgIpc) is 3.89. The summed E-state index contributed by atoms with van der Waals surface area (Å²) >= 11 is 6.73. The maximum absolute atomic E-state index is 15.0. The van der Waals surface area contributed by atoms with Gasteiger partial charge >= 0.3 is 12.2 Å². The van der Waals surface area contributed by atoms with Gasteiger partial charge in [-0.2, -0.15) is 28.2 Å². The van der Waals surface area contributed by atoms with Gasteiger partial charge in [-0.15, -0.1) is 0 Å². The maximum atomic E-state index is 15.0. The van der Waals surface area contributed by atoms with Crippen molar-refractivity contribution in [2.24, 2.45) is 0 Å². The summed E-state index contributed by atoms with van der Waals surface area (Å²) in [6.07, 6.45) is -0.920. The van der Waals surface area contributed by atoms with Gasteiger partial charge in [0.15, 0.2) is 11.5 Å². The molecule has 0 saturated carbocycles. The summed E-state index contributed by atoms with van der Waals surface area (Å²) in [6.45, 7) is 4.34. The molecule has 2 N–H and O–H groups in total. The number of halogens is 6. The predicted octanol–water partition coefficient (Wildman–Crippen LogP) is 5.73. The molecule has 0 spiro atoms. The number of alkyl halides is 4. The van der Waals surface area contributed by atoms with Crippen molar-refractivity contribution in [3.8, 4) is 6.01 Å². The van der Waals surface area contributed by atoms with Crippen LogP contribution in [0.25, 0.3) is 0 Å². The van der Waals surface area contributed by atoms with Gasteiger partial charge in [0.25, 0.3) is 5.91 Å². The number of anilines is 2. The number of fused-ring (bicyclic) bond motifs is 3. The second-order valence-corrected chi connectivity index (χ2v) is 14.0. The van der Waals surface area contributed by atoms with Crippen LogP contribution in [-0.4, -0.2) is 87.5 Å². The van der Waals surface area contributed by atoms with E-state index < -0.39 is 41.1 Å². The van der Waals surface area contributed by atoms with E-state index in [1.807, 2.05) is 4.90 Å². The van der Waals surface area contributed by atoms with E-state index in [1.54, 1.807) is 9.58 Å². The number of nitrogen functional groups attached to an aromatic ring is 1. The summed E-state index contributed by atoms with van der Waals surface area (Å²) in [4.78, 5) is 28.0. The van der Waals surface area contributed by atoms with Gasteiger partial charge in [-0.1, -0.05) is 11.6 Å². The highest BCUT2D eigenvalue weighted by Gasteiger charge is 2.40. The smallest absolute Gasteiger partial charge is 0.416 e. The zero-order valence-corrected chi connectivity index (χ0v) is 28.9. The molecule has 0 bridgehead atoms. The van der Waals surface area contributed by atoms with Crippen LogP contribution in [0.5, 0.6) is 6.01 Å². The molecule has 3 atom stereocenters. The van der Waals surface area contributed by atoms with E-state index in [9.17, 15) is 22.4 Å². The second kappa shape index (κ2) is 14.3. The lowest BCUT2D eigenvalue weighted by Gasteiger charge is -2.31. The van der Waals surface area contributed by atoms with Crippen LogP contribution in [0, 0.1) is 5.82 Å². The van der Waals surface area contributed by atoms with Gasteiger partial charge in [0.05, 0.1) is 54.0 Å². The van der Waals surface area contributed by atoms with Gasteiger partial charge in [0.1, 0.15) is 12.0 Å². The highest BCUT2D eigenvalue weighted by atomic mass is 35.5. The van der Waals surface area contributed by atoms with Gasteiger partial charge in [-0.25, -0.2) is 8.78 Å². The number of aryl methyl sites for hydroxylation is 1. The van der Waals surface area contributed by atoms with Crippen molar-refractivity contribution in [1.29, 1.82) is 0 Å². The van der Waals surface area contributed by atoms with Crippen LogP contribution in [0.15, 0.2) is 12.1 Å². The third kappa shape index (κ3) is 7.06. The van der Waals surface area contributed by atoms with Crippen molar-refractivity contribution >= 4 is 29.0 Å². The third-order valence-electron chi connectivity index (χ3n) is 10.4. The number of benzene rings is 1. The summed E-state index contributed by atoms with van der Waals surface area (Å²) < 4.78 is 82.0. The van der Waals surface area contributed by atoms with E-state index in [-0.39, 0.29) is 42.2 Å². The molecule has 1 aromatic carbocycles. The monoisotopic (exact) mass is 738 g/mol. The summed E-state index contributed by atoms with van der Waals surface area (Å²) in [5, 5.41) is 4.82. The normalized spacial score (nSPS) is 23.3. The Labute approximate surface area is 296 Å². The first-order chi connectivity index (χ1) is 24.4. The molecule has 3 unspecified atom stereocenters. The number of carbonyl (C=O) groups is 1.